The minimum Gasteiger partial charge on any atom is -0.347 e. The van der Waals surface area contributed by atoms with E-state index in [1.807, 2.05) is 25.1 Å². The predicted molar refractivity (Wildman–Crippen MR) is 118 cm³/mol. The minimum atomic E-state index is -0.275. The van der Waals surface area contributed by atoms with Crippen molar-refractivity contribution in [2.75, 3.05) is 18.0 Å². The van der Waals surface area contributed by atoms with Crippen LogP contribution < -0.4 is 10.2 Å². The van der Waals surface area contributed by atoms with Gasteiger partial charge in [-0.25, -0.2) is 9.97 Å². The SMILES string of the molecule is CC(=O)NCC(=O)N1CCCC[C@H]1c1nc(C)c2c(n1)N(Cc1ccccn1)C(=O)CC2. The van der Waals surface area contributed by atoms with Crippen LogP contribution in [0.25, 0.3) is 0 Å². The van der Waals surface area contributed by atoms with Gasteiger partial charge in [-0.05, 0) is 44.7 Å². The Bertz CT molecular complexity index is 1030. The highest BCUT2D eigenvalue weighted by Crippen LogP contribution is 2.34. The van der Waals surface area contributed by atoms with Gasteiger partial charge in [0, 0.05) is 37.3 Å². The van der Waals surface area contributed by atoms with E-state index in [2.05, 4.69) is 10.3 Å². The molecule has 1 saturated heterocycles. The van der Waals surface area contributed by atoms with Crippen LogP contribution in [0, 0.1) is 6.92 Å². The Balaban J connectivity index is 1.66. The Morgan fingerprint density at radius 1 is 1.19 bits per heavy atom. The molecule has 1 fully saturated rings. The van der Waals surface area contributed by atoms with E-state index in [9.17, 15) is 14.4 Å². The standard InChI is InChI=1S/C23H28N6O3/c1-15-18-9-10-20(31)29(14-17-7-3-5-11-24-17)23(18)27-22(26-15)19-8-4-6-12-28(19)21(32)13-25-16(2)30/h3,5,7,11,19H,4,6,8-10,12-14H2,1-2H3,(H,25,30)/t19-/m0/s1. The molecule has 0 unspecified atom stereocenters. The van der Waals surface area contributed by atoms with Gasteiger partial charge in [0.15, 0.2) is 5.82 Å². The number of anilines is 1. The average Bonchev–Trinajstić information content (AvgIpc) is 2.80. The van der Waals surface area contributed by atoms with Gasteiger partial charge >= 0.3 is 0 Å². The lowest BCUT2D eigenvalue weighted by molar-refractivity contribution is -0.136. The molecule has 0 spiro atoms. The largest absolute Gasteiger partial charge is 0.347 e. The first-order chi connectivity index (χ1) is 15.4. The maximum Gasteiger partial charge on any atom is 0.242 e. The summed E-state index contributed by atoms with van der Waals surface area (Å²) in [6.07, 6.45) is 5.34. The predicted octanol–water partition coefficient (Wildman–Crippen LogP) is 1.85. The number of fused-ring (bicyclic) bond motifs is 1. The summed E-state index contributed by atoms with van der Waals surface area (Å²) in [5.74, 6) is 0.795. The quantitative estimate of drug-likeness (QED) is 0.766. The second-order valence-electron chi connectivity index (χ2n) is 8.28. The van der Waals surface area contributed by atoms with Crippen molar-refractivity contribution in [1.82, 2.24) is 25.2 Å². The lowest BCUT2D eigenvalue weighted by Gasteiger charge is -2.36. The molecule has 2 aromatic heterocycles. The number of hydrogen-bond donors (Lipinski definition) is 1. The molecular formula is C23H28N6O3. The third-order valence-corrected chi connectivity index (χ3v) is 6.01. The number of carbonyl (C=O) groups is 3. The van der Waals surface area contributed by atoms with Gasteiger partial charge in [0.05, 0.1) is 24.8 Å². The summed E-state index contributed by atoms with van der Waals surface area (Å²) < 4.78 is 0. The molecule has 32 heavy (non-hydrogen) atoms. The van der Waals surface area contributed by atoms with E-state index in [1.165, 1.54) is 6.92 Å². The summed E-state index contributed by atoms with van der Waals surface area (Å²) in [6.45, 7) is 4.23. The van der Waals surface area contributed by atoms with Crippen molar-refractivity contribution in [3.63, 3.8) is 0 Å². The van der Waals surface area contributed by atoms with E-state index in [0.29, 0.717) is 37.6 Å². The lowest BCUT2D eigenvalue weighted by Crippen LogP contribution is -2.44. The van der Waals surface area contributed by atoms with Crippen LogP contribution in [0.3, 0.4) is 0 Å². The number of amides is 3. The van der Waals surface area contributed by atoms with E-state index in [-0.39, 0.29) is 30.3 Å². The maximum atomic E-state index is 12.8. The second kappa shape index (κ2) is 9.42. The molecule has 0 saturated carbocycles. The summed E-state index contributed by atoms with van der Waals surface area (Å²) in [6, 6.07) is 5.35. The summed E-state index contributed by atoms with van der Waals surface area (Å²) in [5.41, 5.74) is 2.59. The molecule has 0 bridgehead atoms. The van der Waals surface area contributed by atoms with Crippen LogP contribution in [0.1, 0.15) is 61.4 Å². The van der Waals surface area contributed by atoms with Gasteiger partial charge in [0.2, 0.25) is 17.7 Å². The van der Waals surface area contributed by atoms with Crippen LogP contribution in [0.4, 0.5) is 5.82 Å². The number of aromatic nitrogens is 3. The van der Waals surface area contributed by atoms with Crippen LogP contribution in [0.5, 0.6) is 0 Å². The van der Waals surface area contributed by atoms with Gasteiger partial charge in [-0.3, -0.25) is 24.3 Å². The molecule has 0 aromatic carbocycles. The number of rotatable bonds is 5. The molecule has 2 aliphatic rings. The molecular weight excluding hydrogens is 408 g/mol. The van der Waals surface area contributed by atoms with Crippen molar-refractivity contribution >= 4 is 23.5 Å². The molecule has 2 aliphatic heterocycles. The molecule has 4 rings (SSSR count). The number of nitrogens with zero attached hydrogens (tertiary/aromatic N) is 5. The van der Waals surface area contributed by atoms with Crippen molar-refractivity contribution in [2.45, 2.75) is 58.5 Å². The van der Waals surface area contributed by atoms with Crippen molar-refractivity contribution in [1.29, 1.82) is 0 Å². The van der Waals surface area contributed by atoms with Crippen molar-refractivity contribution < 1.29 is 14.4 Å². The van der Waals surface area contributed by atoms with Crippen molar-refractivity contribution in [3.05, 3.63) is 47.2 Å². The third kappa shape index (κ3) is 4.61. The fourth-order valence-electron chi connectivity index (χ4n) is 4.37. The molecule has 9 heteroatoms. The Hall–Kier alpha value is -3.36. The van der Waals surface area contributed by atoms with E-state index in [4.69, 9.17) is 9.97 Å². The fourth-order valence-corrected chi connectivity index (χ4v) is 4.37. The summed E-state index contributed by atoms with van der Waals surface area (Å²) in [5, 5.41) is 2.59. The van der Waals surface area contributed by atoms with Crippen molar-refractivity contribution in [3.8, 4) is 0 Å². The zero-order valence-electron chi connectivity index (χ0n) is 18.5. The van der Waals surface area contributed by atoms with Crippen LogP contribution >= 0.6 is 0 Å². The number of piperidine rings is 1. The molecule has 3 amide bonds. The highest BCUT2D eigenvalue weighted by atomic mass is 16.2. The topological polar surface area (TPSA) is 108 Å². The Morgan fingerprint density at radius 3 is 2.78 bits per heavy atom. The third-order valence-electron chi connectivity index (χ3n) is 6.01. The fraction of sp³-hybridized carbons (Fsp3) is 0.478. The van der Waals surface area contributed by atoms with Crippen LogP contribution in [0.2, 0.25) is 0 Å². The number of carbonyl (C=O) groups excluding carboxylic acids is 3. The smallest absolute Gasteiger partial charge is 0.242 e. The number of likely N-dealkylation sites (tertiary alicyclic amines) is 1. The number of pyridine rings is 1. The first-order valence-electron chi connectivity index (χ1n) is 11.1. The van der Waals surface area contributed by atoms with Gasteiger partial charge in [-0.2, -0.15) is 0 Å². The first kappa shape index (κ1) is 21.9. The molecule has 0 radical (unpaired) electrons. The lowest BCUT2D eigenvalue weighted by atomic mass is 9.99. The summed E-state index contributed by atoms with van der Waals surface area (Å²) in [7, 11) is 0. The summed E-state index contributed by atoms with van der Waals surface area (Å²) >= 11 is 0. The zero-order valence-corrected chi connectivity index (χ0v) is 18.5. The van der Waals surface area contributed by atoms with Crippen molar-refractivity contribution in [2.24, 2.45) is 0 Å². The maximum absolute atomic E-state index is 12.8. The van der Waals surface area contributed by atoms with Gasteiger partial charge in [0.1, 0.15) is 5.82 Å². The van der Waals surface area contributed by atoms with Crippen LogP contribution in [0.15, 0.2) is 24.4 Å². The summed E-state index contributed by atoms with van der Waals surface area (Å²) in [4.78, 5) is 54.3. The second-order valence-corrected chi connectivity index (χ2v) is 8.28. The highest BCUT2D eigenvalue weighted by molar-refractivity contribution is 5.95. The van der Waals surface area contributed by atoms with Gasteiger partial charge in [-0.15, -0.1) is 0 Å². The highest BCUT2D eigenvalue weighted by Gasteiger charge is 2.34. The Kier molecular flexibility index (Phi) is 6.43. The molecule has 2 aromatic rings. The number of aryl methyl sites for hydroxylation is 1. The monoisotopic (exact) mass is 436 g/mol. The van der Waals surface area contributed by atoms with E-state index < -0.39 is 0 Å². The Labute approximate surface area is 187 Å². The number of nitrogens with one attached hydrogen (secondary N) is 1. The normalized spacial score (nSPS) is 18.3. The molecule has 168 valence electrons. The Morgan fingerprint density at radius 2 is 2.03 bits per heavy atom. The molecule has 0 aliphatic carbocycles. The molecule has 1 N–H and O–H groups in total. The molecule has 4 heterocycles. The molecule has 9 nitrogen and oxygen atoms in total. The van der Waals surface area contributed by atoms with Gasteiger partial charge in [0.25, 0.3) is 0 Å². The van der Waals surface area contributed by atoms with Crippen LogP contribution in [-0.2, 0) is 27.3 Å². The van der Waals surface area contributed by atoms with E-state index in [1.54, 1.807) is 16.0 Å². The first-order valence-corrected chi connectivity index (χ1v) is 11.1. The van der Waals surface area contributed by atoms with Gasteiger partial charge < -0.3 is 10.2 Å². The zero-order chi connectivity index (χ0) is 22.7. The van der Waals surface area contributed by atoms with Crippen LogP contribution in [-0.4, -0.2) is 50.7 Å². The van der Waals surface area contributed by atoms with E-state index in [0.717, 1.165) is 36.2 Å². The van der Waals surface area contributed by atoms with Gasteiger partial charge in [-0.1, -0.05) is 6.07 Å². The average molecular weight is 437 g/mol. The van der Waals surface area contributed by atoms with E-state index >= 15 is 0 Å². The molecule has 1 atom stereocenters. The minimum absolute atomic E-state index is 0.00874. The number of hydrogen-bond acceptors (Lipinski definition) is 6.